The van der Waals surface area contributed by atoms with Gasteiger partial charge in [0.1, 0.15) is 5.82 Å². The summed E-state index contributed by atoms with van der Waals surface area (Å²) in [4.78, 5) is 3.90. The monoisotopic (exact) mass is 152 g/mol. The molecule has 1 aromatic heterocycles. The number of hydrogen-bond acceptors (Lipinski definition) is 1. The largest absolute Gasteiger partial charge is 0.277 e. The van der Waals surface area contributed by atoms with Crippen LogP contribution in [0, 0.1) is 12.9 Å². The van der Waals surface area contributed by atoms with Crippen molar-refractivity contribution >= 4 is 12.3 Å². The van der Waals surface area contributed by atoms with E-state index in [9.17, 15) is 4.39 Å². The Bertz CT molecular complexity index is 299. The lowest BCUT2D eigenvalue weighted by molar-refractivity contribution is 0.559. The summed E-state index contributed by atoms with van der Waals surface area (Å²) in [5.74, 6) is 0.102. The molecule has 1 heterocycles. The zero-order chi connectivity index (χ0) is 8.43. The molecule has 0 radical (unpaired) electrons. The molecule has 0 amide bonds. The van der Waals surface area contributed by atoms with Crippen LogP contribution in [0.15, 0.2) is 13.2 Å². The fourth-order valence-electron chi connectivity index (χ4n) is 0.864. The molecule has 0 saturated carbocycles. The summed E-state index contributed by atoms with van der Waals surface area (Å²) in [7, 11) is 0. The van der Waals surface area contributed by atoms with Crippen molar-refractivity contribution in [3.05, 3.63) is 30.6 Å². The Morgan fingerprint density at radius 2 is 2.18 bits per heavy atom. The van der Waals surface area contributed by atoms with E-state index in [4.69, 9.17) is 0 Å². The van der Waals surface area contributed by atoms with Gasteiger partial charge in [-0.1, -0.05) is 13.2 Å². The highest BCUT2D eigenvalue weighted by Crippen LogP contribution is 2.09. The average molecular weight is 152 g/mol. The molecule has 0 bridgehead atoms. The zero-order valence-electron chi connectivity index (χ0n) is 6.34. The van der Waals surface area contributed by atoms with Crippen molar-refractivity contribution in [1.29, 1.82) is 0 Å². The standard InChI is InChI=1S/C8H9FN2/c1-4-7-10-6(3)8(9)11(7)5-2/h4-5H,1-2H2,3H3. The van der Waals surface area contributed by atoms with Crippen molar-refractivity contribution in [3.63, 3.8) is 0 Å². The van der Waals surface area contributed by atoms with E-state index >= 15 is 0 Å². The van der Waals surface area contributed by atoms with Gasteiger partial charge in [0.15, 0.2) is 0 Å². The molecule has 11 heavy (non-hydrogen) atoms. The molecule has 3 heteroatoms. The highest BCUT2D eigenvalue weighted by molar-refractivity contribution is 5.43. The third-order valence-electron chi connectivity index (χ3n) is 1.40. The van der Waals surface area contributed by atoms with Gasteiger partial charge in [0, 0.05) is 6.20 Å². The predicted octanol–water partition coefficient (Wildman–Crippen LogP) is 2.07. The molecular weight excluding hydrogens is 143 g/mol. The van der Waals surface area contributed by atoms with Crippen LogP contribution in [0.4, 0.5) is 4.39 Å². The lowest BCUT2D eigenvalue weighted by atomic mass is 10.5. The summed E-state index contributed by atoms with van der Waals surface area (Å²) in [5, 5.41) is 0. The summed E-state index contributed by atoms with van der Waals surface area (Å²) in [6.45, 7) is 8.54. The highest BCUT2D eigenvalue weighted by atomic mass is 19.1. The first-order valence-corrected chi connectivity index (χ1v) is 3.20. The van der Waals surface area contributed by atoms with E-state index in [1.165, 1.54) is 16.8 Å². The van der Waals surface area contributed by atoms with Crippen molar-refractivity contribution in [1.82, 2.24) is 9.55 Å². The summed E-state index contributed by atoms with van der Waals surface area (Å²) in [6.07, 6.45) is 2.85. The molecule has 0 unspecified atom stereocenters. The van der Waals surface area contributed by atoms with Crippen LogP contribution < -0.4 is 0 Å². The molecule has 0 fully saturated rings. The number of halogens is 1. The lowest BCUT2D eigenvalue weighted by Crippen LogP contribution is -1.92. The van der Waals surface area contributed by atoms with Crippen LogP contribution in [0.3, 0.4) is 0 Å². The van der Waals surface area contributed by atoms with Crippen LogP contribution in [0.2, 0.25) is 0 Å². The molecule has 0 atom stereocenters. The van der Waals surface area contributed by atoms with Crippen LogP contribution in [0.5, 0.6) is 0 Å². The smallest absolute Gasteiger partial charge is 0.220 e. The molecule has 1 aromatic rings. The van der Waals surface area contributed by atoms with Gasteiger partial charge in [-0.15, -0.1) is 0 Å². The van der Waals surface area contributed by atoms with Crippen molar-refractivity contribution in [2.75, 3.05) is 0 Å². The van der Waals surface area contributed by atoms with Gasteiger partial charge in [0.2, 0.25) is 5.95 Å². The Morgan fingerprint density at radius 1 is 1.55 bits per heavy atom. The van der Waals surface area contributed by atoms with Gasteiger partial charge < -0.3 is 0 Å². The minimum Gasteiger partial charge on any atom is -0.277 e. The molecule has 0 aliphatic rings. The van der Waals surface area contributed by atoms with E-state index in [-0.39, 0.29) is 5.95 Å². The third-order valence-corrected chi connectivity index (χ3v) is 1.40. The van der Waals surface area contributed by atoms with E-state index < -0.39 is 0 Å². The second-order valence-corrected chi connectivity index (χ2v) is 2.10. The van der Waals surface area contributed by atoms with E-state index in [1.807, 2.05) is 0 Å². The second kappa shape index (κ2) is 2.70. The zero-order valence-corrected chi connectivity index (χ0v) is 6.34. The van der Waals surface area contributed by atoms with Gasteiger partial charge in [-0.3, -0.25) is 4.57 Å². The Hall–Kier alpha value is -1.38. The minimum absolute atomic E-state index is 0.361. The van der Waals surface area contributed by atoms with Gasteiger partial charge in [0.25, 0.3) is 0 Å². The van der Waals surface area contributed by atoms with Gasteiger partial charge in [-0.2, -0.15) is 4.39 Å². The Labute approximate surface area is 64.7 Å². The molecule has 58 valence electrons. The molecule has 0 aromatic carbocycles. The molecule has 0 spiro atoms. The Morgan fingerprint density at radius 3 is 2.55 bits per heavy atom. The van der Waals surface area contributed by atoms with Crippen molar-refractivity contribution < 1.29 is 4.39 Å². The fourth-order valence-corrected chi connectivity index (χ4v) is 0.864. The number of aromatic nitrogens is 2. The van der Waals surface area contributed by atoms with Gasteiger partial charge in [-0.25, -0.2) is 4.98 Å². The maximum atomic E-state index is 13.0. The predicted molar refractivity (Wildman–Crippen MR) is 43.4 cm³/mol. The first kappa shape index (κ1) is 7.72. The Kier molecular flexibility index (Phi) is 1.89. The number of hydrogen-bond donors (Lipinski definition) is 0. The molecule has 1 rings (SSSR count). The third kappa shape index (κ3) is 1.09. The molecule has 0 aliphatic carbocycles. The number of aryl methyl sites for hydroxylation is 1. The topological polar surface area (TPSA) is 17.8 Å². The highest BCUT2D eigenvalue weighted by Gasteiger charge is 2.07. The second-order valence-electron chi connectivity index (χ2n) is 2.10. The average Bonchev–Trinajstić information content (AvgIpc) is 2.28. The van der Waals surface area contributed by atoms with Crippen molar-refractivity contribution in [3.8, 4) is 0 Å². The van der Waals surface area contributed by atoms with Gasteiger partial charge in [0.05, 0.1) is 5.69 Å². The maximum absolute atomic E-state index is 13.0. The normalized spacial score (nSPS) is 9.64. The quantitative estimate of drug-likeness (QED) is 0.634. The van der Waals surface area contributed by atoms with E-state index in [0.717, 1.165) is 0 Å². The van der Waals surface area contributed by atoms with E-state index in [2.05, 4.69) is 18.1 Å². The maximum Gasteiger partial charge on any atom is 0.220 e. The van der Waals surface area contributed by atoms with Crippen LogP contribution >= 0.6 is 0 Å². The first-order chi connectivity index (χ1) is 5.20. The number of imidazole rings is 1. The fraction of sp³-hybridized carbons (Fsp3) is 0.125. The lowest BCUT2D eigenvalue weighted by Gasteiger charge is -1.94. The minimum atomic E-state index is -0.380. The number of nitrogens with zero attached hydrogens (tertiary/aromatic N) is 2. The summed E-state index contributed by atoms with van der Waals surface area (Å²) < 4.78 is 14.2. The summed E-state index contributed by atoms with van der Waals surface area (Å²) >= 11 is 0. The van der Waals surface area contributed by atoms with E-state index in [0.29, 0.717) is 11.5 Å². The van der Waals surface area contributed by atoms with Crippen LogP contribution in [-0.2, 0) is 0 Å². The van der Waals surface area contributed by atoms with Crippen LogP contribution in [-0.4, -0.2) is 9.55 Å². The van der Waals surface area contributed by atoms with Crippen LogP contribution in [0.25, 0.3) is 12.3 Å². The first-order valence-electron chi connectivity index (χ1n) is 3.20. The molecule has 0 N–H and O–H groups in total. The van der Waals surface area contributed by atoms with Gasteiger partial charge >= 0.3 is 0 Å². The van der Waals surface area contributed by atoms with Crippen LogP contribution in [0.1, 0.15) is 11.5 Å². The molecule has 0 aliphatic heterocycles. The SMILES string of the molecule is C=Cc1nc(C)c(F)n1C=C. The summed E-state index contributed by atoms with van der Waals surface area (Å²) in [5.41, 5.74) is 0.361. The molecular formula is C8H9FN2. The number of rotatable bonds is 2. The van der Waals surface area contributed by atoms with Crippen molar-refractivity contribution in [2.24, 2.45) is 0 Å². The molecule has 0 saturated heterocycles. The van der Waals surface area contributed by atoms with Crippen molar-refractivity contribution in [2.45, 2.75) is 6.92 Å². The Balaban J connectivity index is 3.37. The molecule has 2 nitrogen and oxygen atoms in total. The van der Waals surface area contributed by atoms with E-state index in [1.54, 1.807) is 6.92 Å². The summed E-state index contributed by atoms with van der Waals surface area (Å²) in [6, 6.07) is 0. The van der Waals surface area contributed by atoms with Gasteiger partial charge in [-0.05, 0) is 13.0 Å².